The van der Waals surface area contributed by atoms with Crippen molar-refractivity contribution in [3.63, 3.8) is 0 Å². The van der Waals surface area contributed by atoms with Crippen molar-refractivity contribution in [2.75, 3.05) is 0 Å². The molecule has 0 atom stereocenters. The number of nitrogens with zero attached hydrogens (tertiary/aromatic N) is 1. The van der Waals surface area contributed by atoms with Gasteiger partial charge >= 0.3 is 7.12 Å². The van der Waals surface area contributed by atoms with Gasteiger partial charge in [-0.25, -0.2) is 0 Å². The highest BCUT2D eigenvalue weighted by atomic mass is 16.5. The highest BCUT2D eigenvalue weighted by Gasteiger charge is 2.20. The maximum Gasteiger partial charge on any atom is 0.490 e. The number of benzene rings is 1. The Balaban J connectivity index is 2.44. The van der Waals surface area contributed by atoms with E-state index in [0.29, 0.717) is 16.7 Å². The fourth-order valence-corrected chi connectivity index (χ4v) is 1.91. The van der Waals surface area contributed by atoms with Gasteiger partial charge in [-0.1, -0.05) is 6.07 Å². The van der Waals surface area contributed by atoms with Crippen molar-refractivity contribution in [2.45, 2.75) is 0 Å². The molecule has 5 heteroatoms. The second kappa shape index (κ2) is 3.33. The molecule has 2 N–H and O–H groups in total. The number of hydrogen-bond donors (Lipinski definition) is 2. The molecule has 2 aromatic rings. The van der Waals surface area contributed by atoms with Crippen molar-refractivity contribution in [1.82, 2.24) is 4.98 Å². The van der Waals surface area contributed by atoms with Crippen molar-refractivity contribution in [2.24, 2.45) is 0 Å². The maximum absolute atomic E-state index is 9.25. The van der Waals surface area contributed by atoms with Gasteiger partial charge in [0.25, 0.3) is 0 Å². The summed E-state index contributed by atoms with van der Waals surface area (Å²) in [4.78, 5) is 4.17. The van der Waals surface area contributed by atoms with Crippen LogP contribution in [0.5, 0.6) is 5.75 Å². The van der Waals surface area contributed by atoms with E-state index in [9.17, 15) is 10.0 Å². The monoisotopic (exact) mass is 213 g/mol. The van der Waals surface area contributed by atoms with Crippen LogP contribution >= 0.6 is 0 Å². The van der Waals surface area contributed by atoms with Crippen LogP contribution in [0.15, 0.2) is 30.7 Å². The van der Waals surface area contributed by atoms with E-state index in [4.69, 9.17) is 4.74 Å². The normalized spacial score (nSPS) is 12.6. The van der Waals surface area contributed by atoms with Gasteiger partial charge in [0, 0.05) is 17.0 Å². The zero-order valence-electron chi connectivity index (χ0n) is 8.29. The molecule has 1 aromatic heterocycles. The molecule has 0 fully saturated rings. The van der Waals surface area contributed by atoms with Gasteiger partial charge in [-0.05, 0) is 23.8 Å². The van der Waals surface area contributed by atoms with Crippen molar-refractivity contribution in [1.29, 1.82) is 0 Å². The lowest BCUT2D eigenvalue weighted by Crippen LogP contribution is -2.31. The third-order valence-electron chi connectivity index (χ3n) is 2.64. The Morgan fingerprint density at radius 3 is 2.88 bits per heavy atom. The van der Waals surface area contributed by atoms with E-state index in [1.54, 1.807) is 24.6 Å². The highest BCUT2D eigenvalue weighted by Crippen LogP contribution is 2.30. The van der Waals surface area contributed by atoms with Crippen LogP contribution < -0.4 is 10.2 Å². The fraction of sp³-hybridized carbons (Fsp3) is 0. The summed E-state index contributed by atoms with van der Waals surface area (Å²) in [6.07, 6.45) is 5.07. The molecule has 0 unspecified atom stereocenters. The van der Waals surface area contributed by atoms with Crippen molar-refractivity contribution in [3.8, 4) is 5.75 Å². The highest BCUT2D eigenvalue weighted by molar-refractivity contribution is 6.61. The van der Waals surface area contributed by atoms with Gasteiger partial charge in [0.1, 0.15) is 5.75 Å². The van der Waals surface area contributed by atoms with Crippen LogP contribution in [0.3, 0.4) is 0 Å². The first kappa shape index (κ1) is 9.39. The molecule has 0 amide bonds. The number of pyridine rings is 1. The molecule has 0 bridgehead atoms. The Bertz CT molecular complexity index is 595. The zero-order chi connectivity index (χ0) is 11.1. The van der Waals surface area contributed by atoms with Crippen molar-refractivity contribution < 1.29 is 14.8 Å². The molecule has 0 spiro atoms. The summed E-state index contributed by atoms with van der Waals surface area (Å²) in [7, 11) is -1.53. The van der Waals surface area contributed by atoms with Crippen molar-refractivity contribution in [3.05, 3.63) is 36.2 Å². The third kappa shape index (κ3) is 1.22. The molecule has 1 aliphatic rings. The van der Waals surface area contributed by atoms with Gasteiger partial charge in [-0.15, -0.1) is 0 Å². The Morgan fingerprint density at radius 1 is 1.19 bits per heavy atom. The molecule has 4 nitrogen and oxygen atoms in total. The largest absolute Gasteiger partial charge is 0.490 e. The lowest BCUT2D eigenvalue weighted by molar-refractivity contribution is 0.426. The molecule has 0 radical (unpaired) electrons. The quantitative estimate of drug-likeness (QED) is 0.667. The molecule has 0 aliphatic carbocycles. The standard InChI is InChI=1S/C11H8BNO3/c14-12(15)8-1-2-9-10-7(4-6-16-9)3-5-13-11(8)10/h1-6,14-15H. The Kier molecular flexibility index (Phi) is 1.95. The summed E-state index contributed by atoms with van der Waals surface area (Å²) in [5.41, 5.74) is 1.92. The third-order valence-corrected chi connectivity index (χ3v) is 2.64. The summed E-state index contributed by atoms with van der Waals surface area (Å²) in [6.45, 7) is 0. The average molecular weight is 213 g/mol. The summed E-state index contributed by atoms with van der Waals surface area (Å²) >= 11 is 0. The predicted molar refractivity (Wildman–Crippen MR) is 61.2 cm³/mol. The first-order chi connectivity index (χ1) is 7.77. The molecule has 2 heterocycles. The second-order valence-corrected chi connectivity index (χ2v) is 3.57. The Labute approximate surface area is 92.0 Å². The molecule has 1 aliphatic heterocycles. The van der Waals surface area contributed by atoms with Crippen LogP contribution in [-0.2, 0) is 0 Å². The van der Waals surface area contributed by atoms with E-state index in [0.717, 1.165) is 10.9 Å². The summed E-state index contributed by atoms with van der Waals surface area (Å²) in [5, 5.41) is 19.3. The Hall–Kier alpha value is -1.85. The first-order valence-electron chi connectivity index (χ1n) is 4.88. The predicted octanol–water partition coefficient (Wildman–Crippen LogP) is 0.278. The van der Waals surface area contributed by atoms with Gasteiger partial charge in [0.15, 0.2) is 0 Å². The number of rotatable bonds is 1. The summed E-state index contributed by atoms with van der Waals surface area (Å²) in [5.74, 6) is 0.685. The minimum absolute atomic E-state index is 0.388. The van der Waals surface area contributed by atoms with E-state index in [1.165, 1.54) is 0 Å². The summed E-state index contributed by atoms with van der Waals surface area (Å²) < 4.78 is 5.35. The van der Waals surface area contributed by atoms with Crippen LogP contribution in [0.25, 0.3) is 17.0 Å². The van der Waals surface area contributed by atoms with Crippen LogP contribution in [0, 0.1) is 0 Å². The maximum atomic E-state index is 9.25. The number of aromatic nitrogens is 1. The second-order valence-electron chi connectivity index (χ2n) is 3.57. The zero-order valence-corrected chi connectivity index (χ0v) is 8.29. The Morgan fingerprint density at radius 2 is 2.06 bits per heavy atom. The van der Waals surface area contributed by atoms with Gasteiger partial charge in [0.2, 0.25) is 0 Å². The minimum Gasteiger partial charge on any atom is -0.464 e. The fourth-order valence-electron chi connectivity index (χ4n) is 1.91. The van der Waals surface area contributed by atoms with E-state index in [1.807, 2.05) is 12.1 Å². The van der Waals surface area contributed by atoms with Crippen LogP contribution in [0.4, 0.5) is 0 Å². The van der Waals surface area contributed by atoms with Gasteiger partial charge in [0.05, 0.1) is 11.8 Å². The van der Waals surface area contributed by atoms with Gasteiger partial charge in [-0.3, -0.25) is 4.98 Å². The number of ether oxygens (including phenoxy) is 1. The van der Waals surface area contributed by atoms with Crippen molar-refractivity contribution >= 4 is 29.6 Å². The van der Waals surface area contributed by atoms with Crippen LogP contribution in [0.2, 0.25) is 0 Å². The summed E-state index contributed by atoms with van der Waals surface area (Å²) in [6, 6.07) is 5.18. The van der Waals surface area contributed by atoms with E-state index >= 15 is 0 Å². The lowest BCUT2D eigenvalue weighted by Gasteiger charge is -2.14. The SMILES string of the molecule is OB(O)c1ccc2c3c(ccnc13)C=CO2. The molecule has 0 saturated carbocycles. The first-order valence-corrected chi connectivity index (χ1v) is 4.88. The smallest absolute Gasteiger partial charge is 0.464 e. The average Bonchev–Trinajstić information content (AvgIpc) is 2.30. The molecule has 1 aromatic carbocycles. The topological polar surface area (TPSA) is 62.6 Å². The van der Waals surface area contributed by atoms with Gasteiger partial charge in [-0.2, -0.15) is 0 Å². The molecule has 0 saturated heterocycles. The van der Waals surface area contributed by atoms with Gasteiger partial charge < -0.3 is 14.8 Å². The molecule has 78 valence electrons. The van der Waals surface area contributed by atoms with Crippen LogP contribution in [-0.4, -0.2) is 22.2 Å². The number of hydrogen-bond acceptors (Lipinski definition) is 4. The van der Waals surface area contributed by atoms with E-state index in [2.05, 4.69) is 4.98 Å². The lowest BCUT2D eigenvalue weighted by atomic mass is 9.78. The molecule has 16 heavy (non-hydrogen) atoms. The van der Waals surface area contributed by atoms with E-state index < -0.39 is 7.12 Å². The molecular weight excluding hydrogens is 205 g/mol. The minimum atomic E-state index is -1.53. The van der Waals surface area contributed by atoms with Crippen LogP contribution in [0.1, 0.15) is 5.56 Å². The molecule has 3 rings (SSSR count). The van der Waals surface area contributed by atoms with E-state index in [-0.39, 0.29) is 0 Å². The molecular formula is C11H8BNO3.